The third-order valence-corrected chi connectivity index (χ3v) is 2.14. The molecule has 0 aromatic heterocycles. The quantitative estimate of drug-likeness (QED) is 0.764. The summed E-state index contributed by atoms with van der Waals surface area (Å²) in [4.78, 5) is 1.80. The first-order chi connectivity index (χ1) is 6.40. The van der Waals surface area contributed by atoms with E-state index in [1.165, 1.54) is 0 Å². The van der Waals surface area contributed by atoms with Crippen LogP contribution in [0.5, 0.6) is 0 Å². The second-order valence-electron chi connectivity index (χ2n) is 3.06. The molecule has 0 spiro atoms. The van der Waals surface area contributed by atoms with Gasteiger partial charge in [-0.05, 0) is 12.1 Å². The van der Waals surface area contributed by atoms with Crippen LogP contribution in [0.1, 0.15) is 0 Å². The van der Waals surface area contributed by atoms with Gasteiger partial charge in [0.2, 0.25) is 0 Å². The highest BCUT2D eigenvalue weighted by Gasteiger charge is 2.07. The van der Waals surface area contributed by atoms with E-state index in [1.807, 2.05) is 20.2 Å². The van der Waals surface area contributed by atoms with Gasteiger partial charge in [-0.15, -0.1) is 0 Å². The van der Waals surface area contributed by atoms with Gasteiger partial charge in [-0.2, -0.15) is 8.42 Å². The zero-order chi connectivity index (χ0) is 10.8. The first-order valence-corrected chi connectivity index (χ1v) is 5.51. The molecule has 0 bridgehead atoms. The molecule has 0 saturated carbocycles. The van der Waals surface area contributed by atoms with E-state index < -0.39 is 10.2 Å². The van der Waals surface area contributed by atoms with E-state index in [0.717, 1.165) is 5.69 Å². The SMILES string of the molecule is CN(C)c1ccccc1NS(N)(=O)=O. The summed E-state index contributed by atoms with van der Waals surface area (Å²) in [7, 11) is -0.0637. The predicted octanol–water partition coefficient (Wildman–Crippen LogP) is 0.368. The lowest BCUT2D eigenvalue weighted by atomic mass is 10.2. The van der Waals surface area contributed by atoms with Crippen molar-refractivity contribution in [1.82, 2.24) is 0 Å². The minimum absolute atomic E-state index is 0.472. The molecule has 78 valence electrons. The summed E-state index contributed by atoms with van der Waals surface area (Å²) in [6.07, 6.45) is 0. The van der Waals surface area contributed by atoms with Crippen molar-refractivity contribution in [2.75, 3.05) is 23.7 Å². The van der Waals surface area contributed by atoms with E-state index in [1.54, 1.807) is 23.1 Å². The summed E-state index contributed by atoms with van der Waals surface area (Å²) >= 11 is 0. The highest BCUT2D eigenvalue weighted by atomic mass is 32.2. The third-order valence-electron chi connectivity index (χ3n) is 1.64. The summed E-state index contributed by atoms with van der Waals surface area (Å²) < 4.78 is 23.9. The van der Waals surface area contributed by atoms with Crippen LogP contribution in [0.15, 0.2) is 24.3 Å². The average Bonchev–Trinajstić information content (AvgIpc) is 2.01. The number of anilines is 2. The summed E-state index contributed by atoms with van der Waals surface area (Å²) in [5.74, 6) is 0. The van der Waals surface area contributed by atoms with Crippen molar-refractivity contribution in [3.05, 3.63) is 24.3 Å². The maximum Gasteiger partial charge on any atom is 0.296 e. The smallest absolute Gasteiger partial charge is 0.296 e. The van der Waals surface area contributed by atoms with Crippen LogP contribution in [0, 0.1) is 0 Å². The van der Waals surface area contributed by atoms with Crippen LogP contribution in [0.2, 0.25) is 0 Å². The Balaban J connectivity index is 3.08. The van der Waals surface area contributed by atoms with Crippen molar-refractivity contribution >= 4 is 21.6 Å². The molecule has 0 saturated heterocycles. The molecule has 0 atom stereocenters. The fourth-order valence-electron chi connectivity index (χ4n) is 1.10. The summed E-state index contributed by atoms with van der Waals surface area (Å²) in [6, 6.07) is 7.01. The molecule has 0 fully saturated rings. The molecule has 3 N–H and O–H groups in total. The summed E-state index contributed by atoms with van der Waals surface area (Å²) in [5.41, 5.74) is 1.24. The Hall–Kier alpha value is -1.27. The molecular weight excluding hydrogens is 202 g/mol. The Bertz CT molecular complexity index is 414. The van der Waals surface area contributed by atoms with Gasteiger partial charge in [-0.25, -0.2) is 5.14 Å². The van der Waals surface area contributed by atoms with Gasteiger partial charge in [0.15, 0.2) is 0 Å². The topological polar surface area (TPSA) is 75.4 Å². The van der Waals surface area contributed by atoms with Gasteiger partial charge in [0.1, 0.15) is 0 Å². The van der Waals surface area contributed by atoms with Crippen LogP contribution in [0.3, 0.4) is 0 Å². The van der Waals surface area contributed by atoms with Crippen LogP contribution in [-0.2, 0) is 10.2 Å². The lowest BCUT2D eigenvalue weighted by Gasteiger charge is -2.17. The van der Waals surface area contributed by atoms with E-state index >= 15 is 0 Å². The number of hydrogen-bond donors (Lipinski definition) is 2. The van der Waals surface area contributed by atoms with Crippen LogP contribution in [-0.4, -0.2) is 22.5 Å². The number of nitrogens with two attached hydrogens (primary N) is 1. The molecule has 6 heteroatoms. The van der Waals surface area contributed by atoms with Crippen molar-refractivity contribution < 1.29 is 8.42 Å². The van der Waals surface area contributed by atoms with E-state index in [-0.39, 0.29) is 0 Å². The molecule has 5 nitrogen and oxygen atoms in total. The molecule has 1 aromatic carbocycles. The number of nitrogens with one attached hydrogen (secondary N) is 1. The van der Waals surface area contributed by atoms with E-state index in [2.05, 4.69) is 4.72 Å². The number of benzene rings is 1. The van der Waals surface area contributed by atoms with Gasteiger partial charge in [-0.1, -0.05) is 12.1 Å². The second kappa shape index (κ2) is 3.85. The Morgan fingerprint density at radius 3 is 2.36 bits per heavy atom. The lowest BCUT2D eigenvalue weighted by Crippen LogP contribution is -2.23. The van der Waals surface area contributed by atoms with Crippen LogP contribution < -0.4 is 14.8 Å². The molecule has 1 aromatic rings. The summed E-state index contributed by atoms with van der Waals surface area (Å²) in [5, 5.41) is 4.88. The van der Waals surface area contributed by atoms with E-state index in [0.29, 0.717) is 5.69 Å². The highest BCUT2D eigenvalue weighted by molar-refractivity contribution is 7.90. The second-order valence-corrected chi connectivity index (χ2v) is 4.35. The van der Waals surface area contributed by atoms with E-state index in [9.17, 15) is 8.42 Å². The lowest BCUT2D eigenvalue weighted by molar-refractivity contribution is 0.603. The first-order valence-electron chi connectivity index (χ1n) is 3.97. The molecule has 0 heterocycles. The summed E-state index contributed by atoms with van der Waals surface area (Å²) in [6.45, 7) is 0. The zero-order valence-corrected chi connectivity index (χ0v) is 8.88. The third kappa shape index (κ3) is 2.90. The molecule has 0 amide bonds. The predicted molar refractivity (Wildman–Crippen MR) is 57.5 cm³/mol. The Morgan fingerprint density at radius 2 is 1.86 bits per heavy atom. The molecule has 1 rings (SSSR count). The standard InChI is InChI=1S/C8H13N3O2S/c1-11(2)8-6-4-3-5-7(8)10-14(9,12)13/h3-6,10H,1-2H3,(H2,9,12,13). The number of hydrogen-bond acceptors (Lipinski definition) is 3. The fraction of sp³-hybridized carbons (Fsp3) is 0.250. The Labute approximate surface area is 83.7 Å². The van der Waals surface area contributed by atoms with Gasteiger partial charge in [0.25, 0.3) is 10.2 Å². The van der Waals surface area contributed by atoms with Gasteiger partial charge in [0, 0.05) is 14.1 Å². The molecule has 0 radical (unpaired) electrons. The minimum Gasteiger partial charge on any atom is -0.376 e. The van der Waals surface area contributed by atoms with Gasteiger partial charge < -0.3 is 4.90 Å². The van der Waals surface area contributed by atoms with Crippen molar-refractivity contribution in [2.24, 2.45) is 5.14 Å². The zero-order valence-electron chi connectivity index (χ0n) is 8.06. The van der Waals surface area contributed by atoms with Gasteiger partial charge >= 0.3 is 0 Å². The normalized spacial score (nSPS) is 11.1. The molecule has 0 unspecified atom stereocenters. The van der Waals surface area contributed by atoms with Crippen molar-refractivity contribution in [1.29, 1.82) is 0 Å². The molecule has 0 aliphatic heterocycles. The van der Waals surface area contributed by atoms with Gasteiger partial charge in [0.05, 0.1) is 11.4 Å². The molecule has 0 aliphatic carbocycles. The average molecular weight is 215 g/mol. The number of nitrogens with zero attached hydrogens (tertiary/aromatic N) is 1. The Morgan fingerprint density at radius 1 is 1.29 bits per heavy atom. The fourth-order valence-corrected chi connectivity index (χ4v) is 1.58. The van der Waals surface area contributed by atoms with Crippen LogP contribution >= 0.6 is 0 Å². The number of rotatable bonds is 3. The minimum atomic E-state index is -3.71. The van der Waals surface area contributed by atoms with Gasteiger partial charge in [-0.3, -0.25) is 4.72 Å². The first kappa shape index (κ1) is 10.8. The number of para-hydroxylation sites is 2. The molecule has 14 heavy (non-hydrogen) atoms. The maximum absolute atomic E-state index is 10.8. The van der Waals surface area contributed by atoms with Crippen LogP contribution in [0.25, 0.3) is 0 Å². The van der Waals surface area contributed by atoms with Crippen molar-refractivity contribution in [2.45, 2.75) is 0 Å². The molecular formula is C8H13N3O2S. The van der Waals surface area contributed by atoms with Crippen molar-refractivity contribution in [3.63, 3.8) is 0 Å². The highest BCUT2D eigenvalue weighted by Crippen LogP contribution is 2.23. The molecule has 0 aliphatic rings. The monoisotopic (exact) mass is 215 g/mol. The van der Waals surface area contributed by atoms with Crippen molar-refractivity contribution in [3.8, 4) is 0 Å². The largest absolute Gasteiger partial charge is 0.376 e. The van der Waals surface area contributed by atoms with Crippen LogP contribution in [0.4, 0.5) is 11.4 Å². The van der Waals surface area contributed by atoms with E-state index in [4.69, 9.17) is 5.14 Å². The Kier molecular flexibility index (Phi) is 2.97. The maximum atomic E-state index is 10.8.